The molecule has 2 rings (SSSR count). The first-order valence-corrected chi connectivity index (χ1v) is 6.36. The number of nitriles is 1. The van der Waals surface area contributed by atoms with Crippen molar-refractivity contribution in [1.29, 1.82) is 5.26 Å². The van der Waals surface area contributed by atoms with E-state index in [0.717, 1.165) is 11.4 Å². The van der Waals surface area contributed by atoms with E-state index in [9.17, 15) is 0 Å². The largest absolute Gasteiger partial charge is 0.485 e. The fourth-order valence-electron chi connectivity index (χ4n) is 2.12. The van der Waals surface area contributed by atoms with E-state index in [4.69, 9.17) is 10.00 Å². The lowest BCUT2D eigenvalue weighted by molar-refractivity contribution is 0.179. The molecule has 0 saturated heterocycles. The number of nitrogens with zero attached hydrogens (tertiary/aromatic N) is 1. The molecule has 0 bridgehead atoms. The van der Waals surface area contributed by atoms with Crippen LogP contribution in [0, 0.1) is 11.3 Å². The topological polar surface area (TPSA) is 45.0 Å². The van der Waals surface area contributed by atoms with Gasteiger partial charge in [-0.05, 0) is 30.0 Å². The van der Waals surface area contributed by atoms with E-state index >= 15 is 0 Å². The summed E-state index contributed by atoms with van der Waals surface area (Å²) in [6.07, 6.45) is 0.345. The summed E-state index contributed by atoms with van der Waals surface area (Å²) in [5.74, 6) is 0.848. The highest BCUT2D eigenvalue weighted by atomic mass is 16.5. The zero-order valence-corrected chi connectivity index (χ0v) is 11.4. The first kappa shape index (κ1) is 12.8. The highest BCUT2D eigenvalue weighted by Gasteiger charge is 2.27. The van der Waals surface area contributed by atoms with Gasteiger partial charge in [-0.25, -0.2) is 0 Å². The van der Waals surface area contributed by atoms with Gasteiger partial charge in [0.1, 0.15) is 11.9 Å². The lowest BCUT2D eigenvalue weighted by Gasteiger charge is -2.33. The molecule has 0 aromatic heterocycles. The molecule has 2 atom stereocenters. The minimum Gasteiger partial charge on any atom is -0.485 e. The van der Waals surface area contributed by atoms with Crippen LogP contribution in [0.1, 0.15) is 39.7 Å². The summed E-state index contributed by atoms with van der Waals surface area (Å²) in [5.41, 5.74) is 2.44. The lowest BCUT2D eigenvalue weighted by Crippen LogP contribution is -2.39. The molecule has 1 aliphatic rings. The Balaban J connectivity index is 2.30. The molecule has 0 aliphatic carbocycles. The van der Waals surface area contributed by atoms with Crippen LogP contribution in [0.15, 0.2) is 18.2 Å². The van der Waals surface area contributed by atoms with E-state index in [2.05, 4.69) is 51.2 Å². The summed E-state index contributed by atoms with van der Waals surface area (Å²) in [6, 6.07) is 8.57. The smallest absolute Gasteiger partial charge is 0.143 e. The van der Waals surface area contributed by atoms with Crippen LogP contribution < -0.4 is 10.1 Å². The Kier molecular flexibility index (Phi) is 3.21. The SMILES string of the molecule is CC1Nc2cc(C(C)(C)C)ccc2OC1CC#N. The molecule has 0 saturated carbocycles. The average Bonchev–Trinajstić information content (AvgIpc) is 2.28. The number of benzene rings is 1. The number of ether oxygens (including phenoxy) is 1. The van der Waals surface area contributed by atoms with Crippen molar-refractivity contribution in [3.8, 4) is 11.8 Å². The third kappa shape index (κ3) is 2.43. The van der Waals surface area contributed by atoms with Gasteiger partial charge in [0.15, 0.2) is 0 Å². The van der Waals surface area contributed by atoms with Gasteiger partial charge in [0.05, 0.1) is 24.2 Å². The van der Waals surface area contributed by atoms with Crippen molar-refractivity contribution in [3.63, 3.8) is 0 Å². The predicted octanol–water partition coefficient (Wildman–Crippen LogP) is 3.46. The van der Waals surface area contributed by atoms with Gasteiger partial charge in [-0.15, -0.1) is 0 Å². The van der Waals surface area contributed by atoms with E-state index < -0.39 is 0 Å². The van der Waals surface area contributed by atoms with Crippen molar-refractivity contribution in [3.05, 3.63) is 23.8 Å². The summed E-state index contributed by atoms with van der Waals surface area (Å²) in [7, 11) is 0. The highest BCUT2D eigenvalue weighted by molar-refractivity contribution is 5.61. The molecule has 3 nitrogen and oxygen atoms in total. The lowest BCUT2D eigenvalue weighted by atomic mass is 9.86. The number of hydrogen-bond acceptors (Lipinski definition) is 3. The van der Waals surface area contributed by atoms with Gasteiger partial charge in [-0.2, -0.15) is 5.26 Å². The summed E-state index contributed by atoms with van der Waals surface area (Å²) in [4.78, 5) is 0. The van der Waals surface area contributed by atoms with Crippen LogP contribution in [0.4, 0.5) is 5.69 Å². The third-order valence-corrected chi connectivity index (χ3v) is 3.36. The van der Waals surface area contributed by atoms with Crippen molar-refractivity contribution >= 4 is 5.69 Å². The summed E-state index contributed by atoms with van der Waals surface area (Å²) >= 11 is 0. The molecule has 96 valence electrons. The summed E-state index contributed by atoms with van der Waals surface area (Å²) in [6.45, 7) is 8.63. The Hall–Kier alpha value is -1.69. The van der Waals surface area contributed by atoms with Crippen molar-refractivity contribution in [1.82, 2.24) is 0 Å². The Labute approximate surface area is 109 Å². The van der Waals surface area contributed by atoms with Crippen molar-refractivity contribution < 1.29 is 4.74 Å². The highest BCUT2D eigenvalue weighted by Crippen LogP contribution is 2.36. The fourth-order valence-corrected chi connectivity index (χ4v) is 2.12. The number of rotatable bonds is 1. The van der Waals surface area contributed by atoms with Crippen molar-refractivity contribution in [2.45, 2.75) is 51.7 Å². The van der Waals surface area contributed by atoms with Crippen LogP contribution in [-0.4, -0.2) is 12.1 Å². The standard InChI is InChI=1S/C15H20N2O/c1-10-13(7-8-16)18-14-6-5-11(15(2,3)4)9-12(14)17-10/h5-6,9-10,13,17H,7H2,1-4H3. The monoisotopic (exact) mass is 244 g/mol. The molecule has 0 radical (unpaired) electrons. The number of anilines is 1. The Bertz CT molecular complexity index is 482. The second-order valence-electron chi connectivity index (χ2n) is 5.91. The third-order valence-electron chi connectivity index (χ3n) is 3.36. The van der Waals surface area contributed by atoms with Gasteiger partial charge in [0.25, 0.3) is 0 Å². The second-order valence-corrected chi connectivity index (χ2v) is 5.91. The normalized spacial score (nSPS) is 22.4. The Morgan fingerprint density at radius 1 is 1.39 bits per heavy atom. The van der Waals surface area contributed by atoms with Gasteiger partial charge >= 0.3 is 0 Å². The van der Waals surface area contributed by atoms with E-state index in [-0.39, 0.29) is 17.6 Å². The molecule has 1 N–H and O–H groups in total. The molecule has 0 amide bonds. The fraction of sp³-hybridized carbons (Fsp3) is 0.533. The Morgan fingerprint density at radius 2 is 2.11 bits per heavy atom. The van der Waals surface area contributed by atoms with E-state index in [1.807, 2.05) is 6.07 Å². The maximum atomic E-state index is 8.78. The maximum absolute atomic E-state index is 8.78. The number of nitrogens with one attached hydrogen (secondary N) is 1. The van der Waals surface area contributed by atoms with Gasteiger partial charge in [0, 0.05) is 0 Å². The first-order valence-electron chi connectivity index (χ1n) is 6.36. The maximum Gasteiger partial charge on any atom is 0.143 e. The quantitative estimate of drug-likeness (QED) is 0.822. The van der Waals surface area contributed by atoms with Crippen molar-refractivity contribution in [2.75, 3.05) is 5.32 Å². The molecule has 1 aromatic carbocycles. The van der Waals surface area contributed by atoms with Gasteiger partial charge < -0.3 is 10.1 Å². The minimum atomic E-state index is -0.0667. The average molecular weight is 244 g/mol. The molecule has 3 heteroatoms. The second kappa shape index (κ2) is 4.53. The van der Waals surface area contributed by atoms with Gasteiger partial charge in [0.2, 0.25) is 0 Å². The van der Waals surface area contributed by atoms with Crippen LogP contribution in [0.25, 0.3) is 0 Å². The molecule has 1 aliphatic heterocycles. The first-order chi connectivity index (χ1) is 8.41. The molecular formula is C15H20N2O. The minimum absolute atomic E-state index is 0.0667. The van der Waals surface area contributed by atoms with Crippen LogP contribution in [-0.2, 0) is 5.41 Å². The molecule has 1 aromatic rings. The molecule has 0 fully saturated rings. The molecule has 0 spiro atoms. The van der Waals surface area contributed by atoms with E-state index in [1.165, 1.54) is 5.56 Å². The zero-order chi connectivity index (χ0) is 13.3. The number of hydrogen-bond donors (Lipinski definition) is 1. The predicted molar refractivity (Wildman–Crippen MR) is 72.9 cm³/mol. The molecular weight excluding hydrogens is 224 g/mol. The van der Waals surface area contributed by atoms with Crippen molar-refractivity contribution in [2.24, 2.45) is 0 Å². The van der Waals surface area contributed by atoms with Gasteiger partial charge in [-0.1, -0.05) is 26.8 Å². The number of fused-ring (bicyclic) bond motifs is 1. The molecule has 18 heavy (non-hydrogen) atoms. The van der Waals surface area contributed by atoms with Crippen LogP contribution in [0.3, 0.4) is 0 Å². The van der Waals surface area contributed by atoms with Gasteiger partial charge in [-0.3, -0.25) is 0 Å². The molecule has 1 heterocycles. The van der Waals surface area contributed by atoms with Crippen LogP contribution >= 0.6 is 0 Å². The van der Waals surface area contributed by atoms with E-state index in [1.54, 1.807) is 0 Å². The van der Waals surface area contributed by atoms with E-state index in [0.29, 0.717) is 6.42 Å². The zero-order valence-electron chi connectivity index (χ0n) is 11.4. The summed E-state index contributed by atoms with van der Waals surface area (Å²) in [5, 5.41) is 12.2. The Morgan fingerprint density at radius 3 is 2.72 bits per heavy atom. The molecule has 2 unspecified atom stereocenters. The van der Waals surface area contributed by atoms with Crippen LogP contribution in [0.5, 0.6) is 5.75 Å². The summed E-state index contributed by atoms with van der Waals surface area (Å²) < 4.78 is 5.87. The van der Waals surface area contributed by atoms with Crippen LogP contribution in [0.2, 0.25) is 0 Å².